The lowest BCUT2D eigenvalue weighted by atomic mass is 10.1. The number of hydrogen-bond donors (Lipinski definition) is 1. The first-order valence-corrected chi connectivity index (χ1v) is 4.23. The minimum absolute atomic E-state index is 0.559. The van der Waals surface area contributed by atoms with Crippen molar-refractivity contribution < 1.29 is 10.5 Å². The monoisotopic (exact) mass is 144 g/mol. The maximum Gasteiger partial charge on any atom is 0.0816 e. The summed E-state index contributed by atoms with van der Waals surface area (Å²) in [5, 5.41) is 0. The fourth-order valence-electron chi connectivity index (χ4n) is 1.34. The minimum atomic E-state index is 0.559. The van der Waals surface area contributed by atoms with Crippen molar-refractivity contribution >= 4 is 0 Å². The Hall–Kier alpha value is -0.0800. The quantitative estimate of drug-likeness (QED) is 0.618. The van der Waals surface area contributed by atoms with Crippen LogP contribution >= 0.6 is 0 Å². The van der Waals surface area contributed by atoms with Gasteiger partial charge in [0.1, 0.15) is 0 Å². The van der Waals surface area contributed by atoms with Gasteiger partial charge in [-0.3, -0.25) is 0 Å². The topological polar surface area (TPSA) is 36.9 Å². The van der Waals surface area contributed by atoms with Crippen LogP contribution in [-0.2, 0) is 4.74 Å². The summed E-state index contributed by atoms with van der Waals surface area (Å²) in [4.78, 5) is 0. The van der Waals surface area contributed by atoms with Crippen LogP contribution in [0, 0.1) is 0 Å². The first-order valence-electron chi connectivity index (χ1n) is 4.23. The third kappa shape index (κ3) is 2.67. The van der Waals surface area contributed by atoms with E-state index in [1.54, 1.807) is 0 Å². The van der Waals surface area contributed by atoms with Crippen LogP contribution < -0.4 is 5.73 Å². The van der Waals surface area contributed by atoms with Gasteiger partial charge in [0.15, 0.2) is 0 Å². The molecule has 0 aromatic heterocycles. The van der Waals surface area contributed by atoms with Crippen LogP contribution in [0.25, 0.3) is 0 Å². The Morgan fingerprint density at radius 2 is 2.50 bits per heavy atom. The summed E-state index contributed by atoms with van der Waals surface area (Å²) >= 11 is 0. The zero-order valence-corrected chi connectivity index (χ0v) is 6.81. The van der Waals surface area contributed by atoms with Crippen LogP contribution in [0.2, 0.25) is 0 Å². The van der Waals surface area contributed by atoms with E-state index in [0.29, 0.717) is 12.1 Å². The van der Waals surface area contributed by atoms with E-state index in [1.165, 1.54) is 25.7 Å². The molecule has 1 aliphatic rings. The Balaban J connectivity index is 2.01. The fraction of sp³-hybridized carbons (Fsp3) is 1.00. The number of quaternary nitrogens is 1. The van der Waals surface area contributed by atoms with E-state index < -0.39 is 0 Å². The predicted octanol–water partition coefficient (Wildman–Crippen LogP) is 0.576. The van der Waals surface area contributed by atoms with Gasteiger partial charge in [-0.05, 0) is 26.2 Å². The summed E-state index contributed by atoms with van der Waals surface area (Å²) in [6.07, 6.45) is 5.52. The molecule has 10 heavy (non-hydrogen) atoms. The SMILES string of the molecule is C[C@H]([NH3+])CC[C@@H]1CCCO1. The molecule has 2 heteroatoms. The summed E-state index contributed by atoms with van der Waals surface area (Å²) in [6, 6.07) is 0.587. The molecule has 0 spiro atoms. The van der Waals surface area contributed by atoms with E-state index in [0.717, 1.165) is 6.61 Å². The van der Waals surface area contributed by atoms with E-state index in [1.807, 2.05) is 0 Å². The molecule has 2 atom stereocenters. The van der Waals surface area contributed by atoms with E-state index in [2.05, 4.69) is 12.7 Å². The molecule has 2 nitrogen and oxygen atoms in total. The smallest absolute Gasteiger partial charge is 0.0816 e. The number of hydrogen-bond acceptors (Lipinski definition) is 1. The van der Waals surface area contributed by atoms with E-state index in [9.17, 15) is 0 Å². The van der Waals surface area contributed by atoms with Crippen molar-refractivity contribution in [2.45, 2.75) is 44.8 Å². The molecular formula is C8H18NO+. The van der Waals surface area contributed by atoms with Crippen LogP contribution in [0.5, 0.6) is 0 Å². The highest BCUT2D eigenvalue weighted by Gasteiger charge is 2.15. The number of rotatable bonds is 3. The second kappa shape index (κ2) is 3.94. The average Bonchev–Trinajstić information content (AvgIpc) is 2.34. The number of ether oxygens (including phenoxy) is 1. The summed E-state index contributed by atoms with van der Waals surface area (Å²) < 4.78 is 5.48. The average molecular weight is 144 g/mol. The Labute approximate surface area is 62.7 Å². The van der Waals surface area contributed by atoms with Gasteiger partial charge in [0.25, 0.3) is 0 Å². The van der Waals surface area contributed by atoms with Gasteiger partial charge >= 0.3 is 0 Å². The Morgan fingerprint density at radius 3 is 3.00 bits per heavy atom. The van der Waals surface area contributed by atoms with Crippen molar-refractivity contribution in [3.8, 4) is 0 Å². The van der Waals surface area contributed by atoms with Crippen LogP contribution in [0.4, 0.5) is 0 Å². The van der Waals surface area contributed by atoms with E-state index in [4.69, 9.17) is 4.74 Å². The highest BCUT2D eigenvalue weighted by atomic mass is 16.5. The summed E-state index contributed by atoms with van der Waals surface area (Å²) in [5.41, 5.74) is 3.94. The maximum absolute atomic E-state index is 5.48. The van der Waals surface area contributed by atoms with Gasteiger partial charge in [-0.1, -0.05) is 0 Å². The molecule has 0 aliphatic carbocycles. The van der Waals surface area contributed by atoms with Crippen molar-refractivity contribution in [2.24, 2.45) is 0 Å². The molecule has 0 aromatic rings. The molecule has 0 saturated carbocycles. The standard InChI is InChI=1S/C8H17NO/c1-7(9)4-5-8-3-2-6-10-8/h7-8H,2-6,9H2,1H3/p+1/t7-,8-/m0/s1. The van der Waals surface area contributed by atoms with Gasteiger partial charge in [0.05, 0.1) is 12.1 Å². The molecule has 0 radical (unpaired) electrons. The second-order valence-electron chi connectivity index (χ2n) is 3.32. The highest BCUT2D eigenvalue weighted by Crippen LogP contribution is 2.16. The van der Waals surface area contributed by atoms with Crippen molar-refractivity contribution in [1.29, 1.82) is 0 Å². The van der Waals surface area contributed by atoms with Crippen LogP contribution in [0.3, 0.4) is 0 Å². The molecule has 1 heterocycles. The summed E-state index contributed by atoms with van der Waals surface area (Å²) in [7, 11) is 0. The second-order valence-corrected chi connectivity index (χ2v) is 3.32. The van der Waals surface area contributed by atoms with Gasteiger partial charge in [0, 0.05) is 13.0 Å². The Bertz CT molecular complexity index is 87.3. The van der Waals surface area contributed by atoms with Crippen molar-refractivity contribution in [3.05, 3.63) is 0 Å². The maximum atomic E-state index is 5.48. The zero-order valence-electron chi connectivity index (χ0n) is 6.81. The minimum Gasteiger partial charge on any atom is -0.378 e. The summed E-state index contributed by atoms with van der Waals surface area (Å²) in [5.74, 6) is 0. The molecule has 1 rings (SSSR count). The van der Waals surface area contributed by atoms with Gasteiger partial charge in [-0.15, -0.1) is 0 Å². The van der Waals surface area contributed by atoms with Crippen molar-refractivity contribution in [3.63, 3.8) is 0 Å². The highest BCUT2D eigenvalue weighted by molar-refractivity contribution is 4.65. The molecule has 0 bridgehead atoms. The van der Waals surface area contributed by atoms with Crippen LogP contribution in [0.15, 0.2) is 0 Å². The lowest BCUT2D eigenvalue weighted by Gasteiger charge is -2.08. The van der Waals surface area contributed by atoms with E-state index >= 15 is 0 Å². The molecule has 3 N–H and O–H groups in total. The lowest BCUT2D eigenvalue weighted by Crippen LogP contribution is -2.59. The van der Waals surface area contributed by atoms with Crippen LogP contribution in [-0.4, -0.2) is 18.8 Å². The third-order valence-corrected chi connectivity index (χ3v) is 2.01. The first-order chi connectivity index (χ1) is 4.79. The van der Waals surface area contributed by atoms with Crippen LogP contribution in [0.1, 0.15) is 32.6 Å². The molecule has 0 amide bonds. The Kier molecular flexibility index (Phi) is 3.16. The molecule has 0 unspecified atom stereocenters. The predicted molar refractivity (Wildman–Crippen MR) is 40.6 cm³/mol. The van der Waals surface area contributed by atoms with Crippen molar-refractivity contribution in [2.75, 3.05) is 6.61 Å². The fourth-order valence-corrected chi connectivity index (χ4v) is 1.34. The third-order valence-electron chi connectivity index (χ3n) is 2.01. The first kappa shape index (κ1) is 8.02. The van der Waals surface area contributed by atoms with Gasteiger partial charge in [-0.25, -0.2) is 0 Å². The Morgan fingerprint density at radius 1 is 1.70 bits per heavy atom. The summed E-state index contributed by atoms with van der Waals surface area (Å²) in [6.45, 7) is 3.14. The van der Waals surface area contributed by atoms with Gasteiger partial charge in [-0.2, -0.15) is 0 Å². The van der Waals surface area contributed by atoms with Crippen molar-refractivity contribution in [1.82, 2.24) is 0 Å². The zero-order chi connectivity index (χ0) is 7.40. The molecular weight excluding hydrogens is 126 g/mol. The molecule has 1 saturated heterocycles. The lowest BCUT2D eigenvalue weighted by molar-refractivity contribution is -0.415. The normalized spacial score (nSPS) is 28.8. The van der Waals surface area contributed by atoms with Gasteiger partial charge < -0.3 is 10.5 Å². The molecule has 1 fully saturated rings. The molecule has 0 aromatic carbocycles. The van der Waals surface area contributed by atoms with Gasteiger partial charge in [0.2, 0.25) is 0 Å². The van der Waals surface area contributed by atoms with E-state index in [-0.39, 0.29) is 0 Å². The molecule has 60 valence electrons. The molecule has 1 aliphatic heterocycles. The largest absolute Gasteiger partial charge is 0.378 e.